The van der Waals surface area contributed by atoms with E-state index in [9.17, 15) is 0 Å². The Balaban J connectivity index is 1.59. The molecule has 17 heavy (non-hydrogen) atoms. The molecule has 0 radical (unpaired) electrons. The Labute approximate surface area is 107 Å². The van der Waals surface area contributed by atoms with Crippen LogP contribution in [0.25, 0.3) is 0 Å². The average Bonchev–Trinajstić information content (AvgIpc) is 2.87. The van der Waals surface area contributed by atoms with Gasteiger partial charge in [-0.3, -0.25) is 0 Å². The van der Waals surface area contributed by atoms with Gasteiger partial charge in [0.2, 0.25) is 0 Å². The molecule has 0 amide bonds. The van der Waals surface area contributed by atoms with Gasteiger partial charge in [-0.25, -0.2) is 0 Å². The van der Waals surface area contributed by atoms with Crippen LogP contribution in [-0.2, 0) is 0 Å². The zero-order valence-corrected chi connectivity index (χ0v) is 12.0. The summed E-state index contributed by atoms with van der Waals surface area (Å²) in [7, 11) is 2.30. The van der Waals surface area contributed by atoms with Gasteiger partial charge in [-0.2, -0.15) is 0 Å². The van der Waals surface area contributed by atoms with Crippen molar-refractivity contribution in [1.29, 1.82) is 0 Å². The molecule has 2 aliphatic rings. The van der Waals surface area contributed by atoms with Crippen molar-refractivity contribution < 1.29 is 0 Å². The van der Waals surface area contributed by atoms with Crippen molar-refractivity contribution in [3.63, 3.8) is 0 Å². The number of likely N-dealkylation sites (N-methyl/N-ethyl adjacent to an activating group) is 1. The molecule has 2 nitrogen and oxygen atoms in total. The van der Waals surface area contributed by atoms with Crippen LogP contribution in [0.3, 0.4) is 0 Å². The first kappa shape index (κ1) is 13.4. The van der Waals surface area contributed by atoms with E-state index in [4.69, 9.17) is 0 Å². The maximum absolute atomic E-state index is 3.75. The van der Waals surface area contributed by atoms with Gasteiger partial charge in [-0.15, -0.1) is 0 Å². The standard InChI is InChI=1S/C15H30N2/c1-15(2)9-8-13(12-15)16-10-11-17(3)14-6-4-5-7-14/h13-14,16H,4-12H2,1-3H3. The molecule has 0 aromatic carbocycles. The molecule has 2 heteroatoms. The lowest BCUT2D eigenvalue weighted by Gasteiger charge is -2.25. The van der Waals surface area contributed by atoms with Crippen LogP contribution in [0.5, 0.6) is 0 Å². The molecule has 0 heterocycles. The third-order valence-electron chi connectivity index (χ3n) is 4.81. The zero-order valence-electron chi connectivity index (χ0n) is 12.0. The molecule has 1 unspecified atom stereocenters. The van der Waals surface area contributed by atoms with E-state index in [0.29, 0.717) is 5.41 Å². The molecule has 2 aliphatic carbocycles. The van der Waals surface area contributed by atoms with Crippen LogP contribution >= 0.6 is 0 Å². The largest absolute Gasteiger partial charge is 0.313 e. The number of nitrogens with zero attached hydrogens (tertiary/aromatic N) is 1. The lowest BCUT2D eigenvalue weighted by molar-refractivity contribution is 0.241. The van der Waals surface area contributed by atoms with E-state index >= 15 is 0 Å². The van der Waals surface area contributed by atoms with Gasteiger partial charge in [-0.1, -0.05) is 26.7 Å². The molecule has 0 saturated heterocycles. The fraction of sp³-hybridized carbons (Fsp3) is 1.00. The third-order valence-corrected chi connectivity index (χ3v) is 4.81. The van der Waals surface area contributed by atoms with Crippen molar-refractivity contribution in [1.82, 2.24) is 10.2 Å². The summed E-state index contributed by atoms with van der Waals surface area (Å²) < 4.78 is 0. The molecule has 1 N–H and O–H groups in total. The Bertz CT molecular complexity index is 229. The fourth-order valence-corrected chi connectivity index (χ4v) is 3.58. The smallest absolute Gasteiger partial charge is 0.0107 e. The molecule has 0 aromatic heterocycles. The fourth-order valence-electron chi connectivity index (χ4n) is 3.58. The Morgan fingerprint density at radius 1 is 1.18 bits per heavy atom. The van der Waals surface area contributed by atoms with E-state index in [1.54, 1.807) is 0 Å². The number of hydrogen-bond acceptors (Lipinski definition) is 2. The second kappa shape index (κ2) is 5.71. The highest BCUT2D eigenvalue weighted by Crippen LogP contribution is 2.36. The summed E-state index contributed by atoms with van der Waals surface area (Å²) in [6.45, 7) is 7.20. The highest BCUT2D eigenvalue weighted by atomic mass is 15.1. The Morgan fingerprint density at radius 3 is 2.47 bits per heavy atom. The van der Waals surface area contributed by atoms with Crippen molar-refractivity contribution in [2.24, 2.45) is 5.41 Å². The monoisotopic (exact) mass is 238 g/mol. The average molecular weight is 238 g/mol. The molecule has 0 aliphatic heterocycles. The van der Waals surface area contributed by atoms with Gasteiger partial charge in [0.05, 0.1) is 0 Å². The van der Waals surface area contributed by atoms with Gasteiger partial charge >= 0.3 is 0 Å². The van der Waals surface area contributed by atoms with Gasteiger partial charge in [0.25, 0.3) is 0 Å². The number of rotatable bonds is 5. The minimum Gasteiger partial charge on any atom is -0.313 e. The van der Waals surface area contributed by atoms with Gasteiger partial charge in [0.15, 0.2) is 0 Å². The van der Waals surface area contributed by atoms with E-state index in [0.717, 1.165) is 12.1 Å². The lowest BCUT2D eigenvalue weighted by atomic mass is 9.92. The molecule has 2 fully saturated rings. The molecule has 0 spiro atoms. The Morgan fingerprint density at radius 2 is 1.88 bits per heavy atom. The van der Waals surface area contributed by atoms with Crippen LogP contribution < -0.4 is 5.32 Å². The predicted molar refractivity (Wildman–Crippen MR) is 74.3 cm³/mol. The maximum atomic E-state index is 3.75. The lowest BCUT2D eigenvalue weighted by Crippen LogP contribution is -2.38. The van der Waals surface area contributed by atoms with E-state index in [1.807, 2.05) is 0 Å². The zero-order chi connectivity index (χ0) is 12.3. The highest BCUT2D eigenvalue weighted by molar-refractivity contribution is 4.86. The molecule has 2 rings (SSSR count). The van der Waals surface area contributed by atoms with Gasteiger partial charge < -0.3 is 10.2 Å². The number of nitrogens with one attached hydrogen (secondary N) is 1. The van der Waals surface area contributed by atoms with Crippen LogP contribution in [-0.4, -0.2) is 37.1 Å². The second-order valence-electron chi connectivity index (χ2n) is 6.98. The summed E-state index contributed by atoms with van der Waals surface area (Å²) in [4.78, 5) is 2.57. The summed E-state index contributed by atoms with van der Waals surface area (Å²) in [5, 5.41) is 3.75. The van der Waals surface area contributed by atoms with Crippen LogP contribution in [0, 0.1) is 5.41 Å². The van der Waals surface area contributed by atoms with Crippen LogP contribution in [0.4, 0.5) is 0 Å². The molecule has 100 valence electrons. The predicted octanol–water partition coefficient (Wildman–Crippen LogP) is 3.03. The van der Waals surface area contributed by atoms with E-state index in [1.165, 1.54) is 58.0 Å². The molecular weight excluding hydrogens is 208 g/mol. The van der Waals surface area contributed by atoms with Crippen molar-refractivity contribution in [2.75, 3.05) is 20.1 Å². The van der Waals surface area contributed by atoms with Gasteiger partial charge in [-0.05, 0) is 44.6 Å². The summed E-state index contributed by atoms with van der Waals surface area (Å²) in [5.41, 5.74) is 0.578. The van der Waals surface area contributed by atoms with Crippen LogP contribution in [0.1, 0.15) is 58.8 Å². The second-order valence-corrected chi connectivity index (χ2v) is 6.98. The van der Waals surface area contributed by atoms with E-state index < -0.39 is 0 Å². The first-order valence-corrected chi connectivity index (χ1v) is 7.50. The topological polar surface area (TPSA) is 15.3 Å². The normalized spacial score (nSPS) is 29.3. The first-order valence-electron chi connectivity index (χ1n) is 7.50. The van der Waals surface area contributed by atoms with Crippen LogP contribution in [0.15, 0.2) is 0 Å². The minimum absolute atomic E-state index is 0.578. The van der Waals surface area contributed by atoms with E-state index in [-0.39, 0.29) is 0 Å². The molecule has 0 aromatic rings. The Kier molecular flexibility index (Phi) is 4.48. The summed E-state index contributed by atoms with van der Waals surface area (Å²) >= 11 is 0. The third kappa shape index (κ3) is 3.96. The summed E-state index contributed by atoms with van der Waals surface area (Å²) in [5.74, 6) is 0. The summed E-state index contributed by atoms with van der Waals surface area (Å²) in [6.07, 6.45) is 9.86. The SMILES string of the molecule is CN(CCNC1CCC(C)(C)C1)C1CCCC1. The van der Waals surface area contributed by atoms with Crippen molar-refractivity contribution in [3.05, 3.63) is 0 Å². The first-order chi connectivity index (χ1) is 8.07. The van der Waals surface area contributed by atoms with Crippen molar-refractivity contribution in [2.45, 2.75) is 70.9 Å². The number of hydrogen-bond donors (Lipinski definition) is 1. The Hall–Kier alpha value is -0.0800. The quantitative estimate of drug-likeness (QED) is 0.792. The highest BCUT2D eigenvalue weighted by Gasteiger charge is 2.30. The molecule has 1 atom stereocenters. The van der Waals surface area contributed by atoms with E-state index in [2.05, 4.69) is 31.1 Å². The minimum atomic E-state index is 0.578. The molecule has 2 saturated carbocycles. The summed E-state index contributed by atoms with van der Waals surface area (Å²) in [6, 6.07) is 1.65. The van der Waals surface area contributed by atoms with Crippen LogP contribution in [0.2, 0.25) is 0 Å². The van der Waals surface area contributed by atoms with Crippen molar-refractivity contribution in [3.8, 4) is 0 Å². The molecular formula is C15H30N2. The van der Waals surface area contributed by atoms with Gasteiger partial charge in [0, 0.05) is 25.2 Å². The van der Waals surface area contributed by atoms with Crippen molar-refractivity contribution >= 4 is 0 Å². The van der Waals surface area contributed by atoms with Gasteiger partial charge in [0.1, 0.15) is 0 Å². The molecule has 0 bridgehead atoms. The maximum Gasteiger partial charge on any atom is 0.0107 e.